The van der Waals surface area contributed by atoms with Crippen LogP contribution in [0.5, 0.6) is 0 Å². The predicted molar refractivity (Wildman–Crippen MR) is 71.0 cm³/mol. The van der Waals surface area contributed by atoms with Gasteiger partial charge in [-0.05, 0) is 27.2 Å². The van der Waals surface area contributed by atoms with Crippen molar-refractivity contribution in [3.63, 3.8) is 0 Å². The summed E-state index contributed by atoms with van der Waals surface area (Å²) in [5.41, 5.74) is 0.727. The van der Waals surface area contributed by atoms with Crippen molar-refractivity contribution in [2.24, 2.45) is 0 Å². The van der Waals surface area contributed by atoms with Crippen LogP contribution in [-0.4, -0.2) is 33.8 Å². The van der Waals surface area contributed by atoms with E-state index in [4.69, 9.17) is 0 Å². The third-order valence-corrected chi connectivity index (χ3v) is 5.53. The first-order valence-electron chi connectivity index (χ1n) is 6.10. The van der Waals surface area contributed by atoms with Gasteiger partial charge in [0.15, 0.2) is 9.84 Å². The number of aliphatic hydroxyl groups is 1. The van der Waals surface area contributed by atoms with Crippen molar-refractivity contribution in [1.82, 2.24) is 9.78 Å². The second-order valence-corrected chi connectivity index (χ2v) is 8.25. The molecule has 18 heavy (non-hydrogen) atoms. The van der Waals surface area contributed by atoms with Gasteiger partial charge in [0, 0.05) is 11.8 Å². The lowest BCUT2D eigenvalue weighted by atomic mass is 10.2. The van der Waals surface area contributed by atoms with E-state index in [0.29, 0.717) is 13.0 Å². The third kappa shape index (κ3) is 3.55. The predicted octanol–water partition coefficient (Wildman–Crippen LogP) is 1.54. The minimum absolute atomic E-state index is 0.0554. The highest BCUT2D eigenvalue weighted by atomic mass is 32.2. The molecule has 0 aliphatic heterocycles. The van der Waals surface area contributed by atoms with Gasteiger partial charge in [-0.25, -0.2) is 8.42 Å². The van der Waals surface area contributed by atoms with Crippen LogP contribution in [0.3, 0.4) is 0 Å². The van der Waals surface area contributed by atoms with E-state index in [9.17, 15) is 13.5 Å². The van der Waals surface area contributed by atoms with Crippen molar-refractivity contribution < 1.29 is 13.5 Å². The topological polar surface area (TPSA) is 72.2 Å². The molecule has 1 unspecified atom stereocenters. The van der Waals surface area contributed by atoms with Crippen LogP contribution >= 0.6 is 0 Å². The molecule has 1 atom stereocenters. The Morgan fingerprint density at radius 2 is 2.06 bits per heavy atom. The summed E-state index contributed by atoms with van der Waals surface area (Å²) in [5.74, 6) is 0.0554. The quantitative estimate of drug-likeness (QED) is 0.884. The van der Waals surface area contributed by atoms with Crippen molar-refractivity contribution in [3.8, 4) is 0 Å². The highest BCUT2D eigenvalue weighted by molar-refractivity contribution is 7.92. The summed E-state index contributed by atoms with van der Waals surface area (Å²) in [4.78, 5) is 0. The average molecular weight is 274 g/mol. The molecule has 1 aromatic heterocycles. The van der Waals surface area contributed by atoms with Gasteiger partial charge in [-0.2, -0.15) is 5.10 Å². The van der Waals surface area contributed by atoms with Crippen molar-refractivity contribution in [1.29, 1.82) is 0 Å². The van der Waals surface area contributed by atoms with Gasteiger partial charge in [0.1, 0.15) is 0 Å². The molecule has 1 rings (SSSR count). The summed E-state index contributed by atoms with van der Waals surface area (Å²) in [6.07, 6.45) is 3.37. The Hall–Kier alpha value is -0.880. The maximum absolute atomic E-state index is 11.9. The monoisotopic (exact) mass is 274 g/mol. The lowest BCUT2D eigenvalue weighted by Crippen LogP contribution is -2.32. The van der Waals surface area contributed by atoms with E-state index in [1.54, 1.807) is 37.8 Å². The SMILES string of the molecule is CCC(O)c1cnn(CCS(=O)(=O)C(C)(C)C)c1. The van der Waals surface area contributed by atoms with E-state index < -0.39 is 20.7 Å². The second-order valence-electron chi connectivity index (χ2n) is 5.39. The van der Waals surface area contributed by atoms with Crippen LogP contribution in [0.25, 0.3) is 0 Å². The highest BCUT2D eigenvalue weighted by Gasteiger charge is 2.28. The van der Waals surface area contributed by atoms with Crippen molar-refractivity contribution in [2.45, 2.75) is 51.5 Å². The van der Waals surface area contributed by atoms with E-state index in [1.165, 1.54) is 0 Å². The molecule has 104 valence electrons. The Kier molecular flexibility index (Phi) is 4.55. The summed E-state index contributed by atoms with van der Waals surface area (Å²) < 4.78 is 24.7. The molecule has 0 aromatic carbocycles. The Balaban J connectivity index is 2.68. The summed E-state index contributed by atoms with van der Waals surface area (Å²) in [7, 11) is -3.14. The summed E-state index contributed by atoms with van der Waals surface area (Å²) in [6, 6.07) is 0. The first kappa shape index (κ1) is 15.2. The molecule has 0 saturated carbocycles. The van der Waals surface area contributed by atoms with Gasteiger partial charge >= 0.3 is 0 Å². The fraction of sp³-hybridized carbons (Fsp3) is 0.750. The molecule has 0 amide bonds. The maximum atomic E-state index is 11.9. The van der Waals surface area contributed by atoms with Crippen LogP contribution in [0.2, 0.25) is 0 Å². The standard InChI is InChI=1S/C12H22N2O3S/c1-5-11(15)10-8-13-14(9-10)6-7-18(16,17)12(2,3)4/h8-9,11,15H,5-7H2,1-4H3. The third-order valence-electron chi connectivity index (χ3n) is 2.95. The molecular formula is C12H22N2O3S. The van der Waals surface area contributed by atoms with Gasteiger partial charge in [-0.15, -0.1) is 0 Å². The Morgan fingerprint density at radius 3 is 2.56 bits per heavy atom. The van der Waals surface area contributed by atoms with Crippen LogP contribution in [0.1, 0.15) is 45.8 Å². The van der Waals surface area contributed by atoms with Gasteiger partial charge in [-0.1, -0.05) is 6.92 Å². The number of aliphatic hydroxyl groups excluding tert-OH is 1. The van der Waals surface area contributed by atoms with Crippen LogP contribution in [0.15, 0.2) is 12.4 Å². The minimum Gasteiger partial charge on any atom is -0.388 e. The minimum atomic E-state index is -3.14. The number of rotatable bonds is 5. The molecule has 0 radical (unpaired) electrons. The van der Waals surface area contributed by atoms with E-state index in [2.05, 4.69) is 5.10 Å². The van der Waals surface area contributed by atoms with Gasteiger partial charge in [0.25, 0.3) is 0 Å². The molecule has 0 aliphatic rings. The molecule has 0 saturated heterocycles. The number of sulfone groups is 1. The van der Waals surface area contributed by atoms with Crippen LogP contribution in [0.4, 0.5) is 0 Å². The number of hydrogen-bond acceptors (Lipinski definition) is 4. The molecule has 5 nitrogen and oxygen atoms in total. The molecule has 0 spiro atoms. The molecule has 1 heterocycles. The van der Waals surface area contributed by atoms with Crippen LogP contribution in [-0.2, 0) is 16.4 Å². The van der Waals surface area contributed by atoms with Crippen molar-refractivity contribution >= 4 is 9.84 Å². The molecule has 0 fully saturated rings. The summed E-state index contributed by atoms with van der Waals surface area (Å²) in [5, 5.41) is 13.7. The number of aryl methyl sites for hydroxylation is 1. The zero-order valence-electron chi connectivity index (χ0n) is 11.4. The molecule has 1 aromatic rings. The maximum Gasteiger partial charge on any atom is 0.157 e. The normalized spacial score (nSPS) is 14.7. The van der Waals surface area contributed by atoms with E-state index in [-0.39, 0.29) is 5.75 Å². The first-order chi connectivity index (χ1) is 8.17. The smallest absolute Gasteiger partial charge is 0.157 e. The molecule has 0 bridgehead atoms. The van der Waals surface area contributed by atoms with Gasteiger partial charge in [-0.3, -0.25) is 4.68 Å². The Labute approximate surface area is 109 Å². The fourth-order valence-electron chi connectivity index (χ4n) is 1.43. The summed E-state index contributed by atoms with van der Waals surface area (Å²) in [6.45, 7) is 7.27. The average Bonchev–Trinajstić information content (AvgIpc) is 2.72. The van der Waals surface area contributed by atoms with Crippen molar-refractivity contribution in [3.05, 3.63) is 18.0 Å². The first-order valence-corrected chi connectivity index (χ1v) is 7.75. The number of nitrogens with zero attached hydrogens (tertiary/aromatic N) is 2. The van der Waals surface area contributed by atoms with Crippen LogP contribution < -0.4 is 0 Å². The molecule has 6 heteroatoms. The number of aromatic nitrogens is 2. The number of hydrogen-bond donors (Lipinski definition) is 1. The molecular weight excluding hydrogens is 252 g/mol. The highest BCUT2D eigenvalue weighted by Crippen LogP contribution is 2.17. The van der Waals surface area contributed by atoms with E-state index >= 15 is 0 Å². The Bertz CT molecular complexity index is 486. The van der Waals surface area contributed by atoms with Gasteiger partial charge in [0.2, 0.25) is 0 Å². The van der Waals surface area contributed by atoms with Crippen LogP contribution in [0, 0.1) is 0 Å². The Morgan fingerprint density at radius 1 is 1.44 bits per heavy atom. The molecule has 1 N–H and O–H groups in total. The largest absolute Gasteiger partial charge is 0.388 e. The fourth-order valence-corrected chi connectivity index (χ4v) is 2.47. The van der Waals surface area contributed by atoms with Crippen molar-refractivity contribution in [2.75, 3.05) is 5.75 Å². The second kappa shape index (κ2) is 5.40. The van der Waals surface area contributed by atoms with Gasteiger partial charge in [0.05, 0.1) is 29.3 Å². The zero-order chi connectivity index (χ0) is 14.0. The lowest BCUT2D eigenvalue weighted by Gasteiger charge is -2.18. The summed E-state index contributed by atoms with van der Waals surface area (Å²) >= 11 is 0. The zero-order valence-corrected chi connectivity index (χ0v) is 12.2. The lowest BCUT2D eigenvalue weighted by molar-refractivity contribution is 0.173. The van der Waals surface area contributed by atoms with E-state index in [0.717, 1.165) is 5.56 Å². The molecule has 0 aliphatic carbocycles. The van der Waals surface area contributed by atoms with E-state index in [1.807, 2.05) is 6.92 Å². The van der Waals surface area contributed by atoms with Gasteiger partial charge < -0.3 is 5.11 Å².